The summed E-state index contributed by atoms with van der Waals surface area (Å²) in [6.45, 7) is 6.90. The molecule has 8 rings (SSSR count). The van der Waals surface area contributed by atoms with E-state index in [9.17, 15) is 14.7 Å². The molecule has 9 heteroatoms. The number of benzene rings is 5. The summed E-state index contributed by atoms with van der Waals surface area (Å²) in [5.74, 6) is 0.183. The van der Waals surface area contributed by atoms with Crippen molar-refractivity contribution in [1.29, 1.82) is 0 Å². The minimum absolute atomic E-state index is 0.00118. The van der Waals surface area contributed by atoms with Crippen molar-refractivity contribution in [3.05, 3.63) is 143 Å². The average Bonchev–Trinajstić information content (AvgIpc) is 3.88. The Morgan fingerprint density at radius 2 is 1.62 bits per heavy atom. The zero-order valence-electron chi connectivity index (χ0n) is 31.0. The third-order valence-corrected chi connectivity index (χ3v) is 11.4. The molecule has 0 saturated heterocycles. The molecule has 0 radical (unpaired) electrons. The third-order valence-electron chi connectivity index (χ3n) is 10.8. The number of fused-ring (bicyclic) bond motifs is 9. The summed E-state index contributed by atoms with van der Waals surface area (Å²) in [5, 5.41) is 19.0. The van der Waals surface area contributed by atoms with Crippen LogP contribution in [0.4, 0.5) is 17.1 Å². The van der Waals surface area contributed by atoms with Crippen LogP contribution in [0.1, 0.15) is 37.9 Å². The second-order valence-electron chi connectivity index (χ2n) is 14.2. The molecule has 1 N–H and O–H groups in total. The predicted octanol–water partition coefficient (Wildman–Crippen LogP) is 9.54. The highest BCUT2D eigenvalue weighted by atomic mass is 32.1. The largest absolute Gasteiger partial charge is 0.481 e. The smallest absolute Gasteiger partial charge is 0.309 e. The van der Waals surface area contributed by atoms with Crippen LogP contribution in [0.2, 0.25) is 0 Å². The molecule has 3 heterocycles. The van der Waals surface area contributed by atoms with Gasteiger partial charge in [-0.25, -0.2) is 4.98 Å². The number of aliphatic carboxylic acids is 1. The average molecular weight is 748 g/mol. The third kappa shape index (κ3) is 6.48. The van der Waals surface area contributed by atoms with Gasteiger partial charge in [-0.3, -0.25) is 9.59 Å². The second kappa shape index (κ2) is 15.4. The second-order valence-corrected chi connectivity index (χ2v) is 14.9. The van der Waals surface area contributed by atoms with Crippen molar-refractivity contribution in [1.82, 2.24) is 4.98 Å². The molecule has 6 aromatic rings. The van der Waals surface area contributed by atoms with Crippen molar-refractivity contribution in [3.63, 3.8) is 0 Å². The normalized spacial score (nSPS) is 17.5. The van der Waals surface area contributed by atoms with Crippen LogP contribution < -0.4 is 9.80 Å². The summed E-state index contributed by atoms with van der Waals surface area (Å²) in [6.07, 6.45) is 12.1. The molecule has 0 saturated carbocycles. The molecule has 0 fully saturated rings. The Kier molecular flexibility index (Phi) is 10.0. The summed E-state index contributed by atoms with van der Waals surface area (Å²) in [6, 6.07) is 29.8. The number of nitrogens with zero attached hydrogens (tertiary/aromatic N) is 4. The van der Waals surface area contributed by atoms with Crippen molar-refractivity contribution in [3.8, 4) is 0 Å². The molecular formula is C46H43N4O4S+. The Bertz CT molecular complexity index is 2550. The summed E-state index contributed by atoms with van der Waals surface area (Å²) in [5.41, 5.74) is 7.93. The number of ether oxygens (including phenoxy) is 1. The summed E-state index contributed by atoms with van der Waals surface area (Å²) >= 11 is 1.59. The van der Waals surface area contributed by atoms with Crippen LogP contribution in [0.25, 0.3) is 32.3 Å². The summed E-state index contributed by atoms with van der Waals surface area (Å²) in [7, 11) is 0. The maximum atomic E-state index is 12.1. The van der Waals surface area contributed by atoms with Crippen LogP contribution in [0.3, 0.4) is 0 Å². The summed E-state index contributed by atoms with van der Waals surface area (Å²) < 4.78 is 7.44. The minimum atomic E-state index is -0.834. The number of allylic oxidation sites excluding steroid dienone is 5. The van der Waals surface area contributed by atoms with Gasteiger partial charge >= 0.3 is 5.97 Å². The van der Waals surface area contributed by atoms with Gasteiger partial charge < -0.3 is 19.6 Å². The first-order valence-corrected chi connectivity index (χ1v) is 19.7. The van der Waals surface area contributed by atoms with Crippen molar-refractivity contribution < 1.29 is 24.0 Å². The zero-order valence-corrected chi connectivity index (χ0v) is 31.8. The van der Waals surface area contributed by atoms with Crippen LogP contribution in [0.5, 0.6) is 0 Å². The van der Waals surface area contributed by atoms with Gasteiger partial charge in [-0.15, -0.1) is 11.3 Å². The maximum absolute atomic E-state index is 12.1. The fraction of sp³-hybridized carbons (Fsp3) is 0.217. The Labute approximate surface area is 324 Å². The Morgan fingerprint density at radius 1 is 0.891 bits per heavy atom. The first kappa shape index (κ1) is 35.9. The molecule has 0 spiro atoms. The topological polar surface area (TPSA) is 86.0 Å². The van der Waals surface area contributed by atoms with Gasteiger partial charge in [0.05, 0.1) is 39.9 Å². The Balaban J connectivity index is 1.24. The van der Waals surface area contributed by atoms with E-state index in [1.54, 1.807) is 11.3 Å². The molecule has 0 amide bonds. The SMILES string of the molecule is CCCN1/C(=C/C=C/C=C/C2=[N+](CCC(=O)O)c3c(c4ccccc4c4ccccc34)C2(C)Cc2cscn2)N(CCOC=O)c2c1ccc1ccccc21. The van der Waals surface area contributed by atoms with E-state index in [0.717, 1.165) is 68.8 Å². The number of carbonyl (C=O) groups excluding carboxylic acids is 1. The first-order valence-electron chi connectivity index (χ1n) is 18.8. The number of carboxylic acid groups (broad SMARTS) is 1. The molecule has 2 aliphatic rings. The molecule has 1 atom stereocenters. The molecule has 8 nitrogen and oxygen atoms in total. The van der Waals surface area contributed by atoms with Crippen molar-refractivity contribution in [2.24, 2.45) is 0 Å². The lowest BCUT2D eigenvalue weighted by Gasteiger charge is -2.25. The molecule has 55 heavy (non-hydrogen) atoms. The monoisotopic (exact) mass is 747 g/mol. The fourth-order valence-electron chi connectivity index (χ4n) is 8.63. The molecule has 0 aliphatic carbocycles. The first-order chi connectivity index (χ1) is 26.9. The van der Waals surface area contributed by atoms with E-state index >= 15 is 0 Å². The molecule has 5 aromatic carbocycles. The van der Waals surface area contributed by atoms with E-state index in [1.807, 2.05) is 11.6 Å². The van der Waals surface area contributed by atoms with Crippen LogP contribution in [0, 0.1) is 0 Å². The highest BCUT2D eigenvalue weighted by Gasteiger charge is 2.50. The van der Waals surface area contributed by atoms with Crippen LogP contribution in [0.15, 0.2) is 132 Å². The Morgan fingerprint density at radius 3 is 2.35 bits per heavy atom. The highest BCUT2D eigenvalue weighted by molar-refractivity contribution is 7.07. The number of rotatable bonds is 14. The van der Waals surface area contributed by atoms with Crippen LogP contribution in [-0.2, 0) is 26.2 Å². The molecule has 1 aromatic heterocycles. The number of anilines is 2. The van der Waals surface area contributed by atoms with Crippen molar-refractivity contribution in [2.45, 2.75) is 38.5 Å². The fourth-order valence-corrected chi connectivity index (χ4v) is 9.18. The number of hydrogen-bond donors (Lipinski definition) is 1. The van der Waals surface area contributed by atoms with Gasteiger partial charge in [0.25, 0.3) is 6.47 Å². The van der Waals surface area contributed by atoms with E-state index in [4.69, 9.17) is 9.72 Å². The molecule has 2 aliphatic heterocycles. The van der Waals surface area contributed by atoms with Gasteiger partial charge in [-0.2, -0.15) is 4.58 Å². The van der Waals surface area contributed by atoms with E-state index < -0.39 is 11.4 Å². The van der Waals surface area contributed by atoms with Crippen LogP contribution in [-0.4, -0.2) is 59.1 Å². The quantitative estimate of drug-likeness (QED) is 0.0391. The van der Waals surface area contributed by atoms with Gasteiger partial charge in [-0.1, -0.05) is 97.9 Å². The molecule has 276 valence electrons. The predicted molar refractivity (Wildman–Crippen MR) is 224 cm³/mol. The lowest BCUT2D eigenvalue weighted by Crippen LogP contribution is -2.34. The van der Waals surface area contributed by atoms with Gasteiger partial charge in [0.1, 0.15) is 18.8 Å². The standard InChI is InChI=1S/C46H42N4O4S/c1-3-24-48-39-22-21-32-13-7-8-14-34(32)44(39)50(26-27-54-31-51)41(48)20-6-4-5-19-40-46(2,28-33-29-55-30-47-33)43-37-17-11-9-15-35(37)36-16-10-12-18-38(36)45(43)49(40)25-23-42(52)53/h4-22,29-31H,3,23-28H2,1-2H3/p+1. The van der Waals surface area contributed by atoms with E-state index in [2.05, 4.69) is 143 Å². The van der Waals surface area contributed by atoms with Crippen molar-refractivity contribution >= 4 is 78.9 Å². The lowest BCUT2D eigenvalue weighted by atomic mass is 9.73. The highest BCUT2D eigenvalue weighted by Crippen LogP contribution is 2.51. The molecular weight excluding hydrogens is 705 g/mol. The van der Waals surface area contributed by atoms with Crippen molar-refractivity contribution in [2.75, 3.05) is 36.0 Å². The number of carboxylic acids is 1. The molecule has 1 unspecified atom stereocenters. The zero-order chi connectivity index (χ0) is 37.9. The van der Waals surface area contributed by atoms with Gasteiger partial charge in [0.2, 0.25) is 5.69 Å². The lowest BCUT2D eigenvalue weighted by molar-refractivity contribution is -0.435. The minimum Gasteiger partial charge on any atom is -0.481 e. The van der Waals surface area contributed by atoms with Gasteiger partial charge in [-0.05, 0) is 53.1 Å². The Hall–Kier alpha value is -6.06. The number of thiazole rings is 1. The number of hydrogen-bond acceptors (Lipinski definition) is 7. The number of carbonyl (C=O) groups is 2. The maximum Gasteiger partial charge on any atom is 0.309 e. The van der Waals surface area contributed by atoms with Gasteiger partial charge in [0.15, 0.2) is 12.3 Å². The molecule has 0 bridgehead atoms. The van der Waals surface area contributed by atoms with E-state index in [0.29, 0.717) is 26.0 Å². The summed E-state index contributed by atoms with van der Waals surface area (Å²) in [4.78, 5) is 32.6. The number of aromatic nitrogens is 1. The van der Waals surface area contributed by atoms with Gasteiger partial charge in [0, 0.05) is 35.4 Å². The van der Waals surface area contributed by atoms with E-state index in [-0.39, 0.29) is 13.0 Å². The van der Waals surface area contributed by atoms with E-state index in [1.165, 1.54) is 16.3 Å². The van der Waals surface area contributed by atoms with Crippen LogP contribution >= 0.6 is 11.3 Å².